The van der Waals surface area contributed by atoms with E-state index in [0.29, 0.717) is 65.8 Å². The molecule has 7 heterocycles. The van der Waals surface area contributed by atoms with Gasteiger partial charge in [0.05, 0.1) is 45.6 Å². The summed E-state index contributed by atoms with van der Waals surface area (Å²) in [5, 5.41) is 14.8. The van der Waals surface area contributed by atoms with Crippen LogP contribution in [0.3, 0.4) is 0 Å². The molecule has 2 aromatic heterocycles. The zero-order valence-electron chi connectivity index (χ0n) is 24.7. The molecule has 0 radical (unpaired) electrons. The monoisotopic (exact) mass is 625 g/mol. The van der Waals surface area contributed by atoms with Crippen LogP contribution < -0.4 is 25.5 Å². The van der Waals surface area contributed by atoms with Crippen molar-refractivity contribution in [1.29, 1.82) is 0 Å². The van der Waals surface area contributed by atoms with Gasteiger partial charge in [-0.05, 0) is 54.7 Å². The summed E-state index contributed by atoms with van der Waals surface area (Å²) < 4.78 is 25.5. The number of aliphatic imine (C=N–C) groups is 2. The molecule has 5 aliphatic rings. The van der Waals surface area contributed by atoms with Crippen LogP contribution in [-0.4, -0.2) is 79.2 Å². The number of piperidine rings is 1. The molecule has 2 aromatic rings. The van der Waals surface area contributed by atoms with Crippen molar-refractivity contribution in [2.75, 3.05) is 26.5 Å². The second kappa shape index (κ2) is 11.5. The number of rotatable bonds is 5. The number of amides is 1. The Bertz CT molecular complexity index is 1960. The second-order valence-corrected chi connectivity index (χ2v) is 12.5. The molecule has 2 atom stereocenters. The summed E-state index contributed by atoms with van der Waals surface area (Å²) in [4.78, 5) is 35.5. The minimum atomic E-state index is -1.38. The quantitative estimate of drug-likeness (QED) is 0.457. The third-order valence-electron chi connectivity index (χ3n) is 8.22. The number of hydrogen-bond acceptors (Lipinski definition) is 9. The molecule has 45 heavy (non-hydrogen) atoms. The van der Waals surface area contributed by atoms with Crippen molar-refractivity contribution in [2.24, 2.45) is 9.98 Å². The predicted molar refractivity (Wildman–Crippen MR) is 171 cm³/mol. The average Bonchev–Trinajstić information content (AvgIpc) is 3.83. The van der Waals surface area contributed by atoms with Gasteiger partial charge in [-0.2, -0.15) is 4.98 Å². The number of H-pyrrole nitrogens is 1. The molecule has 1 fully saturated rings. The van der Waals surface area contributed by atoms with Crippen LogP contribution in [0.5, 0.6) is 11.6 Å². The van der Waals surface area contributed by atoms with Gasteiger partial charge in [0.25, 0.3) is 5.88 Å². The topological polar surface area (TPSA) is 154 Å². The van der Waals surface area contributed by atoms with Gasteiger partial charge in [-0.1, -0.05) is 6.08 Å². The van der Waals surface area contributed by atoms with Crippen molar-refractivity contribution < 1.29 is 23.6 Å². The molecule has 0 saturated carbocycles. The molecule has 7 rings (SSSR count). The Hall–Kier alpha value is -5.04. The van der Waals surface area contributed by atoms with Gasteiger partial charge in [-0.15, -0.1) is 0 Å². The van der Waals surface area contributed by atoms with Crippen LogP contribution in [0.2, 0.25) is 0 Å². The number of fused-ring (bicyclic) bond motifs is 6. The molecular formula is C32H31N7O5S. The number of ether oxygens (including phenoxy) is 2. The van der Waals surface area contributed by atoms with Crippen molar-refractivity contribution in [3.63, 3.8) is 0 Å². The van der Waals surface area contributed by atoms with Gasteiger partial charge in [0.1, 0.15) is 23.7 Å². The van der Waals surface area contributed by atoms with Gasteiger partial charge in [0, 0.05) is 55.0 Å². The second-order valence-electron chi connectivity index (χ2n) is 11.2. The van der Waals surface area contributed by atoms with E-state index < -0.39 is 22.4 Å². The molecule has 3 N–H and O–H groups in total. The third-order valence-corrected chi connectivity index (χ3v) is 9.22. The van der Waals surface area contributed by atoms with Crippen molar-refractivity contribution in [3.8, 4) is 11.6 Å². The highest BCUT2D eigenvalue weighted by atomic mass is 32.2. The summed E-state index contributed by atoms with van der Waals surface area (Å²) in [5.41, 5.74) is 3.09. The lowest BCUT2D eigenvalue weighted by Crippen LogP contribution is -2.41. The lowest BCUT2D eigenvalue weighted by Gasteiger charge is -2.32. The summed E-state index contributed by atoms with van der Waals surface area (Å²) in [6.07, 6.45) is 19.0. The number of aromatic amines is 1. The first-order valence-electron chi connectivity index (χ1n) is 14.6. The molecule has 1 saturated heterocycles. The van der Waals surface area contributed by atoms with E-state index >= 15 is 0 Å². The molecule has 5 aliphatic heterocycles. The van der Waals surface area contributed by atoms with Gasteiger partial charge in [-0.25, -0.2) is 19.8 Å². The summed E-state index contributed by atoms with van der Waals surface area (Å²) >= 11 is 0. The van der Waals surface area contributed by atoms with E-state index in [1.165, 1.54) is 11.2 Å². The third kappa shape index (κ3) is 5.55. The maximum Gasteiger partial charge on any atom is 0.407 e. The van der Waals surface area contributed by atoms with Gasteiger partial charge >= 0.3 is 6.09 Å². The van der Waals surface area contributed by atoms with E-state index in [9.17, 15) is 14.1 Å². The first kappa shape index (κ1) is 28.7. The molecule has 0 aromatic carbocycles. The molecule has 13 heteroatoms. The SMILES string of the molecule is COc1c(OC2CCN(C(=O)O)CC2)ncnc1C12C=C3C=CC(=N3)C=c3ccc([nH]3)=CC3=NC(=C(S(C)=O)C(=CC1)N2)C=C3. The van der Waals surface area contributed by atoms with E-state index in [2.05, 4.69) is 15.3 Å². The van der Waals surface area contributed by atoms with Crippen molar-refractivity contribution in [2.45, 2.75) is 30.9 Å². The van der Waals surface area contributed by atoms with E-state index in [0.717, 1.165) is 22.1 Å². The van der Waals surface area contributed by atoms with E-state index in [1.807, 2.05) is 60.7 Å². The number of aromatic nitrogens is 3. The summed E-state index contributed by atoms with van der Waals surface area (Å²) in [7, 11) is 0.160. The number of likely N-dealkylation sites (tertiary alicyclic amines) is 1. The number of allylic oxidation sites excluding steroid dienone is 4. The summed E-state index contributed by atoms with van der Waals surface area (Å²) in [6.45, 7) is 0.751. The Balaban J connectivity index is 1.33. The normalized spacial score (nSPS) is 22.9. The molecule has 0 spiro atoms. The molecule has 8 bridgehead atoms. The zero-order chi connectivity index (χ0) is 31.1. The lowest BCUT2D eigenvalue weighted by molar-refractivity contribution is 0.0848. The average molecular weight is 626 g/mol. The largest absolute Gasteiger partial charge is 0.490 e. The van der Waals surface area contributed by atoms with Crippen molar-refractivity contribution >= 4 is 40.5 Å². The first-order chi connectivity index (χ1) is 21.8. The number of carboxylic acid groups (broad SMARTS) is 1. The Labute approximate surface area is 261 Å². The smallest absolute Gasteiger partial charge is 0.407 e. The summed E-state index contributed by atoms with van der Waals surface area (Å²) in [6, 6.07) is 3.97. The van der Waals surface area contributed by atoms with E-state index in [-0.39, 0.29) is 12.0 Å². The highest BCUT2D eigenvalue weighted by molar-refractivity contribution is 7.88. The molecule has 230 valence electrons. The maximum absolute atomic E-state index is 13.2. The van der Waals surface area contributed by atoms with Crippen LogP contribution in [0.4, 0.5) is 4.79 Å². The maximum atomic E-state index is 13.2. The fraction of sp³-hybridized carbons (Fsp3) is 0.281. The van der Waals surface area contributed by atoms with Crippen LogP contribution in [0.1, 0.15) is 25.0 Å². The number of methoxy groups -OCH3 is 1. The fourth-order valence-corrected chi connectivity index (χ4v) is 6.94. The molecule has 1 amide bonds. The summed E-state index contributed by atoms with van der Waals surface area (Å²) in [5.74, 6) is 0.625. The molecular weight excluding hydrogens is 594 g/mol. The van der Waals surface area contributed by atoms with Gasteiger partial charge < -0.3 is 29.8 Å². The zero-order valence-corrected chi connectivity index (χ0v) is 25.5. The van der Waals surface area contributed by atoms with Crippen LogP contribution in [0.25, 0.3) is 12.2 Å². The highest BCUT2D eigenvalue weighted by Crippen LogP contribution is 2.44. The van der Waals surface area contributed by atoms with Crippen LogP contribution in [0, 0.1) is 0 Å². The fourth-order valence-electron chi connectivity index (χ4n) is 6.09. The Kier molecular flexibility index (Phi) is 7.32. The van der Waals surface area contributed by atoms with Gasteiger partial charge in [-0.3, -0.25) is 4.21 Å². The van der Waals surface area contributed by atoms with Gasteiger partial charge in [0.15, 0.2) is 0 Å². The van der Waals surface area contributed by atoms with Crippen molar-refractivity contribution in [3.05, 3.63) is 93.3 Å². The molecule has 0 aliphatic carbocycles. The lowest BCUT2D eigenvalue weighted by atomic mass is 9.91. The minimum absolute atomic E-state index is 0.235. The molecule has 2 unspecified atom stereocenters. The number of carbonyl (C=O) groups is 1. The minimum Gasteiger partial charge on any atom is -0.490 e. The Morgan fingerprint density at radius 1 is 1.07 bits per heavy atom. The number of nitrogens with one attached hydrogen (secondary N) is 2. The Morgan fingerprint density at radius 2 is 1.80 bits per heavy atom. The number of nitrogens with zero attached hydrogens (tertiary/aromatic N) is 5. The standard InChI is InChI=1S/C32H31N7O5S/c1-43-27-29(33-18-34-30(27)44-24-10-13-39(14-11-24)31(40)41)32-12-9-26(38-32)28(45(2)42)25-8-7-22(37-25)16-20-4-3-19(35-20)15-21-5-6-23(17-32)36-21/h3-9,15-18,24,35,38H,10-14H2,1-2H3,(H,40,41). The highest BCUT2D eigenvalue weighted by Gasteiger charge is 2.42. The van der Waals surface area contributed by atoms with Crippen LogP contribution >= 0.6 is 0 Å². The van der Waals surface area contributed by atoms with Crippen LogP contribution in [0.15, 0.2) is 86.9 Å². The van der Waals surface area contributed by atoms with Crippen molar-refractivity contribution in [1.82, 2.24) is 25.2 Å². The van der Waals surface area contributed by atoms with Crippen LogP contribution in [-0.2, 0) is 16.3 Å². The van der Waals surface area contributed by atoms with Gasteiger partial charge in [0.2, 0.25) is 5.75 Å². The van der Waals surface area contributed by atoms with E-state index in [4.69, 9.17) is 24.4 Å². The predicted octanol–water partition coefficient (Wildman–Crippen LogP) is 2.18. The molecule has 12 nitrogen and oxygen atoms in total. The van der Waals surface area contributed by atoms with E-state index in [1.54, 1.807) is 13.4 Å². The number of hydrogen-bond donors (Lipinski definition) is 3. The first-order valence-corrected chi connectivity index (χ1v) is 16.1. The Morgan fingerprint density at radius 3 is 2.51 bits per heavy atom.